The van der Waals surface area contributed by atoms with Gasteiger partial charge in [0.15, 0.2) is 11.5 Å². The van der Waals surface area contributed by atoms with E-state index in [-0.39, 0.29) is 17.2 Å². The van der Waals surface area contributed by atoms with E-state index in [1.54, 1.807) is 21.3 Å². The highest BCUT2D eigenvalue weighted by Gasteiger charge is 2.58. The van der Waals surface area contributed by atoms with Crippen molar-refractivity contribution in [2.24, 2.45) is 11.3 Å². The maximum atomic E-state index is 12.9. The van der Waals surface area contributed by atoms with Crippen LogP contribution < -0.4 is 19.5 Å². The van der Waals surface area contributed by atoms with Crippen LogP contribution in [0.5, 0.6) is 17.2 Å². The minimum absolute atomic E-state index is 0.126. The molecule has 1 N–H and O–H groups in total. The number of hydrogen-bond donors (Lipinski definition) is 1. The molecule has 0 bridgehead atoms. The first-order chi connectivity index (χ1) is 15.4. The molecule has 1 unspecified atom stereocenters. The molecule has 6 heteroatoms. The summed E-state index contributed by atoms with van der Waals surface area (Å²) < 4.78 is 16.5. The molecule has 4 rings (SSSR count). The molecular formula is C26H34N2O4. The molecule has 1 amide bonds. The van der Waals surface area contributed by atoms with Crippen molar-refractivity contribution in [3.8, 4) is 17.2 Å². The monoisotopic (exact) mass is 438 g/mol. The zero-order valence-corrected chi connectivity index (χ0v) is 19.8. The third-order valence-electron chi connectivity index (χ3n) is 7.03. The van der Waals surface area contributed by atoms with Gasteiger partial charge in [0.1, 0.15) is 5.75 Å². The van der Waals surface area contributed by atoms with Crippen LogP contribution in [0.4, 0.5) is 5.69 Å². The van der Waals surface area contributed by atoms with Gasteiger partial charge < -0.3 is 19.5 Å². The number of carbonyl (C=O) groups is 1. The minimum Gasteiger partial charge on any atom is -0.496 e. The summed E-state index contributed by atoms with van der Waals surface area (Å²) in [6, 6.07) is 10.1. The molecule has 0 radical (unpaired) electrons. The van der Waals surface area contributed by atoms with Gasteiger partial charge in [-0.15, -0.1) is 0 Å². The van der Waals surface area contributed by atoms with Crippen molar-refractivity contribution in [2.75, 3.05) is 39.7 Å². The zero-order valence-electron chi connectivity index (χ0n) is 19.8. The van der Waals surface area contributed by atoms with E-state index in [2.05, 4.69) is 30.1 Å². The Kier molecular flexibility index (Phi) is 6.33. The van der Waals surface area contributed by atoms with Gasteiger partial charge in [-0.3, -0.25) is 9.69 Å². The number of ether oxygens (including phenoxy) is 3. The molecule has 32 heavy (non-hydrogen) atoms. The molecule has 1 saturated carbocycles. The summed E-state index contributed by atoms with van der Waals surface area (Å²) in [7, 11) is 4.96. The smallest absolute Gasteiger partial charge is 0.228 e. The van der Waals surface area contributed by atoms with Crippen LogP contribution in [0.2, 0.25) is 0 Å². The predicted molar refractivity (Wildman–Crippen MR) is 126 cm³/mol. The predicted octanol–water partition coefficient (Wildman–Crippen LogP) is 4.57. The van der Waals surface area contributed by atoms with Gasteiger partial charge in [-0.1, -0.05) is 6.07 Å². The van der Waals surface area contributed by atoms with Crippen LogP contribution in [0.25, 0.3) is 0 Å². The highest BCUT2D eigenvalue weighted by molar-refractivity contribution is 5.95. The average Bonchev–Trinajstić information content (AvgIpc) is 3.48. The first kappa shape index (κ1) is 22.5. The van der Waals surface area contributed by atoms with Crippen molar-refractivity contribution in [1.29, 1.82) is 0 Å². The summed E-state index contributed by atoms with van der Waals surface area (Å²) >= 11 is 0. The van der Waals surface area contributed by atoms with Crippen LogP contribution in [0, 0.1) is 25.2 Å². The second-order valence-electron chi connectivity index (χ2n) is 9.28. The van der Waals surface area contributed by atoms with Crippen molar-refractivity contribution < 1.29 is 19.0 Å². The second-order valence-corrected chi connectivity index (χ2v) is 9.28. The summed E-state index contributed by atoms with van der Waals surface area (Å²) in [4.78, 5) is 15.3. The van der Waals surface area contributed by atoms with E-state index in [0.717, 1.165) is 55.9 Å². The molecule has 2 aromatic carbocycles. The van der Waals surface area contributed by atoms with Gasteiger partial charge in [-0.2, -0.15) is 0 Å². The van der Waals surface area contributed by atoms with Crippen LogP contribution in [-0.4, -0.2) is 45.2 Å². The van der Waals surface area contributed by atoms with Crippen molar-refractivity contribution in [3.63, 3.8) is 0 Å². The number of piperidine rings is 1. The van der Waals surface area contributed by atoms with Gasteiger partial charge >= 0.3 is 0 Å². The Morgan fingerprint density at radius 2 is 1.53 bits per heavy atom. The Labute approximate surface area is 190 Å². The third-order valence-corrected chi connectivity index (χ3v) is 7.03. The number of hydrogen-bond acceptors (Lipinski definition) is 5. The Morgan fingerprint density at radius 1 is 0.938 bits per heavy atom. The van der Waals surface area contributed by atoms with Crippen LogP contribution in [0.15, 0.2) is 30.3 Å². The fraction of sp³-hybridized carbons (Fsp3) is 0.500. The largest absolute Gasteiger partial charge is 0.496 e. The van der Waals surface area contributed by atoms with Gasteiger partial charge in [0.25, 0.3) is 0 Å². The fourth-order valence-electron chi connectivity index (χ4n) is 5.16. The molecule has 2 aliphatic rings. The molecule has 1 heterocycles. The Balaban J connectivity index is 1.35. The molecule has 2 aromatic rings. The molecule has 6 nitrogen and oxygen atoms in total. The molecule has 1 aliphatic carbocycles. The number of nitrogens with zero attached hydrogens (tertiary/aromatic N) is 1. The van der Waals surface area contributed by atoms with E-state index in [0.29, 0.717) is 11.5 Å². The van der Waals surface area contributed by atoms with Crippen LogP contribution in [0.3, 0.4) is 0 Å². The molecule has 2 fully saturated rings. The quantitative estimate of drug-likeness (QED) is 0.686. The van der Waals surface area contributed by atoms with Crippen molar-refractivity contribution in [2.45, 2.75) is 39.7 Å². The Bertz CT molecular complexity index is 975. The molecule has 1 spiro atoms. The van der Waals surface area contributed by atoms with E-state index in [9.17, 15) is 4.79 Å². The lowest BCUT2D eigenvalue weighted by Crippen LogP contribution is -2.36. The topological polar surface area (TPSA) is 60.0 Å². The van der Waals surface area contributed by atoms with E-state index in [1.165, 1.54) is 11.1 Å². The zero-order chi connectivity index (χ0) is 22.9. The van der Waals surface area contributed by atoms with Crippen LogP contribution in [-0.2, 0) is 11.3 Å². The van der Waals surface area contributed by atoms with Gasteiger partial charge in [-0.25, -0.2) is 0 Å². The van der Waals surface area contributed by atoms with Crippen molar-refractivity contribution >= 4 is 11.6 Å². The molecule has 1 aliphatic heterocycles. The lowest BCUT2D eigenvalue weighted by atomic mass is 9.90. The summed E-state index contributed by atoms with van der Waals surface area (Å²) in [5, 5.41) is 3.15. The van der Waals surface area contributed by atoms with E-state index in [4.69, 9.17) is 14.2 Å². The Hall–Kier alpha value is -2.73. The minimum atomic E-state index is 0.126. The third kappa shape index (κ3) is 4.56. The Morgan fingerprint density at radius 3 is 2.12 bits per heavy atom. The second kappa shape index (κ2) is 9.02. The maximum absolute atomic E-state index is 12.9. The first-order valence-electron chi connectivity index (χ1n) is 11.3. The summed E-state index contributed by atoms with van der Waals surface area (Å²) in [6.07, 6.45) is 3.10. The van der Waals surface area contributed by atoms with Crippen molar-refractivity contribution in [1.82, 2.24) is 4.90 Å². The van der Waals surface area contributed by atoms with Crippen molar-refractivity contribution in [3.05, 3.63) is 47.0 Å². The molecule has 1 saturated heterocycles. The van der Waals surface area contributed by atoms with Crippen LogP contribution >= 0.6 is 0 Å². The molecule has 0 aromatic heterocycles. The molecule has 1 atom stereocenters. The highest BCUT2D eigenvalue weighted by atomic mass is 16.5. The summed E-state index contributed by atoms with van der Waals surface area (Å²) in [5.41, 5.74) is 4.50. The normalized spacial score (nSPS) is 19.5. The number of nitrogens with one attached hydrogen (secondary N) is 1. The van der Waals surface area contributed by atoms with E-state index < -0.39 is 0 Å². The van der Waals surface area contributed by atoms with Gasteiger partial charge in [0.05, 0.1) is 21.3 Å². The van der Waals surface area contributed by atoms with E-state index in [1.807, 2.05) is 24.3 Å². The summed E-state index contributed by atoms with van der Waals surface area (Å²) in [5.74, 6) is 2.48. The highest BCUT2D eigenvalue weighted by Crippen LogP contribution is 2.59. The van der Waals surface area contributed by atoms with E-state index >= 15 is 0 Å². The summed E-state index contributed by atoms with van der Waals surface area (Å²) in [6.45, 7) is 6.86. The van der Waals surface area contributed by atoms with Gasteiger partial charge in [0, 0.05) is 29.8 Å². The molecular weight excluding hydrogens is 404 g/mol. The number of rotatable bonds is 7. The number of benzene rings is 2. The number of likely N-dealkylation sites (tertiary alicyclic amines) is 1. The lowest BCUT2D eigenvalue weighted by Gasteiger charge is -2.33. The maximum Gasteiger partial charge on any atom is 0.228 e. The standard InChI is InChI=1S/C26H34N2O4/c1-17-10-18(2)12-20(11-17)27-25(29)21-15-26(21)6-8-28(9-7-26)16-19-13-23(31-4)24(32-5)14-22(19)30-3/h10-14,21H,6-9,15-16H2,1-5H3,(H,27,29). The van der Waals surface area contributed by atoms with Gasteiger partial charge in [0.2, 0.25) is 5.91 Å². The lowest BCUT2D eigenvalue weighted by molar-refractivity contribution is -0.118. The SMILES string of the molecule is COc1cc(OC)c(OC)cc1CN1CCC2(CC1)CC2C(=O)Nc1cc(C)cc(C)c1. The number of methoxy groups -OCH3 is 3. The van der Waals surface area contributed by atoms with Gasteiger partial charge in [-0.05, 0) is 80.9 Å². The molecule has 172 valence electrons. The number of amides is 1. The first-order valence-corrected chi connectivity index (χ1v) is 11.3. The number of anilines is 1. The van der Waals surface area contributed by atoms with Crippen LogP contribution in [0.1, 0.15) is 36.0 Å². The number of carbonyl (C=O) groups excluding carboxylic acids is 1. The average molecular weight is 439 g/mol. The number of aryl methyl sites for hydroxylation is 2. The fourth-order valence-corrected chi connectivity index (χ4v) is 5.16.